The average Bonchev–Trinajstić information content (AvgIpc) is 2.80. The molecule has 1 aliphatic rings. The SMILES string of the molecule is COc1ccc(N2CCN(c3nccc(Nc4ccccc4OC)n3)CC2)cc1. The van der Waals surface area contributed by atoms with Gasteiger partial charge in [-0.3, -0.25) is 0 Å². The lowest BCUT2D eigenvalue weighted by Gasteiger charge is -2.36. The summed E-state index contributed by atoms with van der Waals surface area (Å²) in [7, 11) is 3.35. The van der Waals surface area contributed by atoms with Gasteiger partial charge in [0.25, 0.3) is 0 Å². The molecule has 0 aliphatic carbocycles. The number of piperazine rings is 1. The number of anilines is 4. The number of nitrogens with zero attached hydrogens (tertiary/aromatic N) is 4. The van der Waals surface area contributed by atoms with Gasteiger partial charge in [-0.05, 0) is 42.5 Å². The number of rotatable bonds is 6. The van der Waals surface area contributed by atoms with E-state index in [9.17, 15) is 0 Å². The van der Waals surface area contributed by atoms with Crippen molar-refractivity contribution in [3.05, 3.63) is 60.8 Å². The van der Waals surface area contributed by atoms with Gasteiger partial charge in [0.05, 0.1) is 19.9 Å². The van der Waals surface area contributed by atoms with Crippen LogP contribution in [0.4, 0.5) is 23.1 Å². The molecule has 2 heterocycles. The number of benzene rings is 2. The third-order valence-corrected chi connectivity index (χ3v) is 5.01. The van der Waals surface area contributed by atoms with E-state index in [0.29, 0.717) is 0 Å². The fraction of sp³-hybridized carbons (Fsp3) is 0.273. The van der Waals surface area contributed by atoms with Crippen molar-refractivity contribution in [3.63, 3.8) is 0 Å². The van der Waals surface area contributed by atoms with Crippen LogP contribution in [0.2, 0.25) is 0 Å². The molecule has 0 radical (unpaired) electrons. The molecule has 0 amide bonds. The Morgan fingerprint density at radius 1 is 0.828 bits per heavy atom. The molecule has 1 aromatic heterocycles. The maximum atomic E-state index is 5.40. The fourth-order valence-corrected chi connectivity index (χ4v) is 3.41. The number of hydrogen-bond acceptors (Lipinski definition) is 7. The standard InChI is InChI=1S/C22H25N5O2/c1-28-18-9-7-17(8-10-18)26-13-15-27(16-14-26)22-23-12-11-21(25-22)24-19-5-3-4-6-20(19)29-2/h3-12H,13-16H2,1-2H3,(H,23,24,25). The Morgan fingerprint density at radius 2 is 1.55 bits per heavy atom. The summed E-state index contributed by atoms with van der Waals surface area (Å²) in [6.07, 6.45) is 1.79. The van der Waals surface area contributed by atoms with Gasteiger partial charge in [0.1, 0.15) is 17.3 Å². The van der Waals surface area contributed by atoms with Gasteiger partial charge < -0.3 is 24.6 Å². The summed E-state index contributed by atoms with van der Waals surface area (Å²) >= 11 is 0. The molecule has 3 aromatic rings. The molecule has 2 aromatic carbocycles. The molecule has 0 saturated carbocycles. The highest BCUT2D eigenvalue weighted by Crippen LogP contribution is 2.27. The fourth-order valence-electron chi connectivity index (χ4n) is 3.41. The topological polar surface area (TPSA) is 62.8 Å². The Balaban J connectivity index is 1.41. The Bertz CT molecular complexity index is 940. The molecular weight excluding hydrogens is 366 g/mol. The van der Waals surface area contributed by atoms with E-state index < -0.39 is 0 Å². The van der Waals surface area contributed by atoms with Crippen LogP contribution in [0, 0.1) is 0 Å². The Kier molecular flexibility index (Phi) is 5.65. The molecule has 0 unspecified atom stereocenters. The average molecular weight is 391 g/mol. The normalized spacial score (nSPS) is 13.9. The molecule has 4 rings (SSSR count). The van der Waals surface area contributed by atoms with Crippen LogP contribution < -0.4 is 24.6 Å². The van der Waals surface area contributed by atoms with Crippen molar-refractivity contribution in [1.29, 1.82) is 0 Å². The Morgan fingerprint density at radius 3 is 2.28 bits per heavy atom. The molecule has 1 aliphatic heterocycles. The number of methoxy groups -OCH3 is 2. The first-order chi connectivity index (χ1) is 14.3. The van der Waals surface area contributed by atoms with Crippen molar-refractivity contribution >= 4 is 23.1 Å². The van der Waals surface area contributed by atoms with Crippen molar-refractivity contribution in [2.45, 2.75) is 0 Å². The van der Waals surface area contributed by atoms with Gasteiger partial charge in [0.15, 0.2) is 0 Å². The summed E-state index contributed by atoms with van der Waals surface area (Å²) in [5.41, 5.74) is 2.09. The maximum Gasteiger partial charge on any atom is 0.227 e. The zero-order valence-corrected chi connectivity index (χ0v) is 16.7. The van der Waals surface area contributed by atoms with Crippen LogP contribution in [0.25, 0.3) is 0 Å². The van der Waals surface area contributed by atoms with Crippen LogP contribution in [-0.2, 0) is 0 Å². The molecule has 7 heteroatoms. The summed E-state index contributed by atoms with van der Waals surface area (Å²) in [6, 6.07) is 17.9. The van der Waals surface area contributed by atoms with Crippen LogP contribution >= 0.6 is 0 Å². The van der Waals surface area contributed by atoms with Crippen molar-refractivity contribution < 1.29 is 9.47 Å². The maximum absolute atomic E-state index is 5.40. The first kappa shape index (κ1) is 18.9. The van der Waals surface area contributed by atoms with Crippen molar-refractivity contribution in [1.82, 2.24) is 9.97 Å². The second-order valence-corrected chi connectivity index (χ2v) is 6.74. The Labute approximate surface area is 170 Å². The van der Waals surface area contributed by atoms with Crippen molar-refractivity contribution in [3.8, 4) is 11.5 Å². The second-order valence-electron chi connectivity index (χ2n) is 6.74. The number of aromatic nitrogens is 2. The summed E-state index contributed by atoms with van der Waals surface area (Å²) in [5.74, 6) is 3.14. The van der Waals surface area contributed by atoms with E-state index in [1.807, 2.05) is 42.5 Å². The van der Waals surface area contributed by atoms with E-state index in [0.717, 1.165) is 55.1 Å². The Hall–Kier alpha value is -3.48. The zero-order valence-electron chi connectivity index (χ0n) is 16.7. The van der Waals surface area contributed by atoms with E-state index >= 15 is 0 Å². The van der Waals surface area contributed by atoms with Gasteiger partial charge in [0.2, 0.25) is 5.95 Å². The van der Waals surface area contributed by atoms with Gasteiger partial charge in [-0.25, -0.2) is 4.98 Å². The molecule has 0 spiro atoms. The third kappa shape index (κ3) is 4.34. The summed E-state index contributed by atoms with van der Waals surface area (Å²) in [5, 5.41) is 3.32. The van der Waals surface area contributed by atoms with E-state index in [1.54, 1.807) is 20.4 Å². The lowest BCUT2D eigenvalue weighted by atomic mass is 10.2. The largest absolute Gasteiger partial charge is 0.497 e. The lowest BCUT2D eigenvalue weighted by molar-refractivity contribution is 0.415. The van der Waals surface area contributed by atoms with Gasteiger partial charge in [0, 0.05) is 38.1 Å². The molecule has 0 bridgehead atoms. The quantitative estimate of drug-likeness (QED) is 0.689. The minimum absolute atomic E-state index is 0.735. The molecule has 7 nitrogen and oxygen atoms in total. The van der Waals surface area contributed by atoms with Gasteiger partial charge in [-0.15, -0.1) is 0 Å². The third-order valence-electron chi connectivity index (χ3n) is 5.01. The van der Waals surface area contributed by atoms with Crippen LogP contribution in [0.5, 0.6) is 11.5 Å². The highest BCUT2D eigenvalue weighted by molar-refractivity contribution is 5.64. The van der Waals surface area contributed by atoms with Crippen LogP contribution in [-0.4, -0.2) is 50.4 Å². The molecule has 150 valence electrons. The van der Waals surface area contributed by atoms with Crippen molar-refractivity contribution in [2.75, 3.05) is 55.5 Å². The van der Waals surface area contributed by atoms with E-state index in [-0.39, 0.29) is 0 Å². The molecule has 0 atom stereocenters. The van der Waals surface area contributed by atoms with Gasteiger partial charge in [-0.1, -0.05) is 12.1 Å². The first-order valence-electron chi connectivity index (χ1n) is 9.64. The molecule has 29 heavy (non-hydrogen) atoms. The van der Waals surface area contributed by atoms with Gasteiger partial charge >= 0.3 is 0 Å². The summed E-state index contributed by atoms with van der Waals surface area (Å²) < 4.78 is 10.6. The van der Waals surface area contributed by atoms with Crippen molar-refractivity contribution in [2.24, 2.45) is 0 Å². The number of nitrogens with one attached hydrogen (secondary N) is 1. The first-order valence-corrected chi connectivity index (χ1v) is 9.64. The second kappa shape index (κ2) is 8.68. The molecular formula is C22H25N5O2. The summed E-state index contributed by atoms with van der Waals surface area (Å²) in [4.78, 5) is 13.8. The summed E-state index contributed by atoms with van der Waals surface area (Å²) in [6.45, 7) is 3.56. The predicted octanol–water partition coefficient (Wildman–Crippen LogP) is 3.56. The smallest absolute Gasteiger partial charge is 0.227 e. The van der Waals surface area contributed by atoms with Crippen LogP contribution in [0.15, 0.2) is 60.8 Å². The highest BCUT2D eigenvalue weighted by atomic mass is 16.5. The predicted molar refractivity (Wildman–Crippen MR) is 116 cm³/mol. The van der Waals surface area contributed by atoms with E-state index in [2.05, 4.69) is 32.2 Å². The lowest BCUT2D eigenvalue weighted by Crippen LogP contribution is -2.47. The van der Waals surface area contributed by atoms with E-state index in [1.165, 1.54) is 5.69 Å². The van der Waals surface area contributed by atoms with Crippen LogP contribution in [0.3, 0.4) is 0 Å². The minimum Gasteiger partial charge on any atom is -0.497 e. The zero-order chi connectivity index (χ0) is 20.1. The molecule has 1 N–H and O–H groups in total. The van der Waals surface area contributed by atoms with E-state index in [4.69, 9.17) is 14.5 Å². The molecule has 1 saturated heterocycles. The van der Waals surface area contributed by atoms with Crippen LogP contribution in [0.1, 0.15) is 0 Å². The number of para-hydroxylation sites is 2. The highest BCUT2D eigenvalue weighted by Gasteiger charge is 2.19. The number of ether oxygens (including phenoxy) is 2. The van der Waals surface area contributed by atoms with Gasteiger partial charge in [-0.2, -0.15) is 4.98 Å². The minimum atomic E-state index is 0.735. The molecule has 1 fully saturated rings. The monoisotopic (exact) mass is 391 g/mol. The number of hydrogen-bond donors (Lipinski definition) is 1.